The minimum absolute atomic E-state index is 0.0186. The Morgan fingerprint density at radius 2 is 1.67 bits per heavy atom. The number of aromatic nitrogens is 1. The smallest absolute Gasteiger partial charge is 0.372 e. The number of aromatic amines is 1. The number of hydrogen-bond donors (Lipinski definition) is 4. The molecule has 0 aliphatic heterocycles. The minimum atomic E-state index is -1.37. The van der Waals surface area contributed by atoms with Gasteiger partial charge in [0.05, 0.1) is 11.1 Å². The molecule has 0 saturated heterocycles. The molecule has 0 atom stereocenters. The number of para-hydroxylation sites is 1. The van der Waals surface area contributed by atoms with Crippen molar-refractivity contribution in [2.75, 3.05) is 6.61 Å². The lowest BCUT2D eigenvalue weighted by Crippen LogP contribution is -2.00. The fourth-order valence-electron chi connectivity index (χ4n) is 4.12. The Morgan fingerprint density at radius 3 is 2.39 bits per heavy atom. The summed E-state index contributed by atoms with van der Waals surface area (Å²) in [5, 5.41) is 30.0. The number of benzene rings is 2. The molecule has 0 radical (unpaired) electrons. The lowest BCUT2D eigenvalue weighted by molar-refractivity contribution is 0.0661. The van der Waals surface area contributed by atoms with Gasteiger partial charge >= 0.3 is 5.97 Å². The number of aliphatic hydroxyl groups is 1. The van der Waals surface area contributed by atoms with E-state index in [4.69, 9.17) is 9.52 Å². The number of nitrogens with one attached hydrogen (secondary N) is 1. The summed E-state index contributed by atoms with van der Waals surface area (Å²) >= 11 is 0. The van der Waals surface area contributed by atoms with Crippen LogP contribution in [0.3, 0.4) is 0 Å². The number of aliphatic hydroxyl groups excluding tert-OH is 1. The van der Waals surface area contributed by atoms with Crippen molar-refractivity contribution in [2.24, 2.45) is 0 Å². The van der Waals surface area contributed by atoms with Gasteiger partial charge in [0.15, 0.2) is 5.75 Å². The number of rotatable bonds is 10. The third kappa shape index (κ3) is 4.40. The van der Waals surface area contributed by atoms with Crippen LogP contribution in [-0.4, -0.2) is 38.7 Å². The Morgan fingerprint density at radius 1 is 0.909 bits per heavy atom. The summed E-state index contributed by atoms with van der Waals surface area (Å²) < 4.78 is 5.40. The predicted octanol–water partition coefficient (Wildman–Crippen LogP) is 5.16. The third-order valence-corrected chi connectivity index (χ3v) is 5.75. The number of unbranched alkanes of at least 4 members (excludes halogenated alkanes) is 3. The third-order valence-electron chi connectivity index (χ3n) is 5.75. The molecule has 4 rings (SSSR count). The fraction of sp³-hybridized carbons (Fsp3) is 0.231. The molecule has 0 spiro atoms. The Hall–Kier alpha value is -3.84. The number of furan rings is 1. The molecule has 0 fully saturated rings. The van der Waals surface area contributed by atoms with Crippen LogP contribution in [0.2, 0.25) is 0 Å². The standard InChI is InChI=1S/C26H25NO6/c28-14-7-2-1-4-11-17-12-8-13-18-19(15-27-21(17)18)22(29)25-23(30)20(24(33-25)26(31)32)16-9-5-3-6-10-16/h3,5-6,8-10,12-13,15,27-28,30H,1-2,4,7,11,14H2,(H,31,32). The average Bonchev–Trinajstić information content (AvgIpc) is 3.41. The van der Waals surface area contributed by atoms with Crippen molar-refractivity contribution < 1.29 is 29.3 Å². The first-order valence-corrected chi connectivity index (χ1v) is 10.9. The number of H-pyrrole nitrogens is 1. The number of hydrogen-bond acceptors (Lipinski definition) is 5. The highest BCUT2D eigenvalue weighted by Gasteiger charge is 2.31. The molecule has 0 unspecified atom stereocenters. The Bertz CT molecular complexity index is 1290. The van der Waals surface area contributed by atoms with Crippen LogP contribution in [-0.2, 0) is 6.42 Å². The van der Waals surface area contributed by atoms with Gasteiger partial charge in [-0.3, -0.25) is 4.79 Å². The van der Waals surface area contributed by atoms with Crippen molar-refractivity contribution >= 4 is 22.7 Å². The highest BCUT2D eigenvalue weighted by Crippen LogP contribution is 2.40. The van der Waals surface area contributed by atoms with E-state index in [1.807, 2.05) is 18.2 Å². The average molecular weight is 447 g/mol. The summed E-state index contributed by atoms with van der Waals surface area (Å²) in [6, 6.07) is 14.1. The van der Waals surface area contributed by atoms with Crippen LogP contribution in [0.4, 0.5) is 0 Å². The van der Waals surface area contributed by atoms with E-state index in [-0.39, 0.29) is 12.2 Å². The van der Waals surface area contributed by atoms with E-state index in [1.165, 1.54) is 0 Å². The minimum Gasteiger partial charge on any atom is -0.504 e. The van der Waals surface area contributed by atoms with Gasteiger partial charge in [-0.15, -0.1) is 0 Å². The number of carbonyl (C=O) groups excluding carboxylic acids is 1. The van der Waals surface area contributed by atoms with E-state index >= 15 is 0 Å². The summed E-state index contributed by atoms with van der Waals surface area (Å²) in [5.74, 6) is -3.33. The number of carboxylic acid groups (broad SMARTS) is 1. The fourth-order valence-corrected chi connectivity index (χ4v) is 4.12. The van der Waals surface area contributed by atoms with E-state index in [0.717, 1.165) is 43.2 Å². The van der Waals surface area contributed by atoms with Crippen molar-refractivity contribution in [3.63, 3.8) is 0 Å². The van der Waals surface area contributed by atoms with Crippen LogP contribution in [0.25, 0.3) is 22.0 Å². The molecule has 0 bridgehead atoms. The molecular weight excluding hydrogens is 422 g/mol. The van der Waals surface area contributed by atoms with Gasteiger partial charge in [0, 0.05) is 23.7 Å². The first kappa shape index (κ1) is 22.4. The molecule has 0 saturated carbocycles. The lowest BCUT2D eigenvalue weighted by Gasteiger charge is -2.04. The van der Waals surface area contributed by atoms with E-state index < -0.39 is 29.0 Å². The molecule has 33 heavy (non-hydrogen) atoms. The topological polar surface area (TPSA) is 124 Å². The summed E-state index contributed by atoms with van der Waals surface area (Å²) in [6.45, 7) is 0.201. The van der Waals surface area contributed by atoms with Crippen molar-refractivity contribution in [3.8, 4) is 16.9 Å². The van der Waals surface area contributed by atoms with E-state index in [0.29, 0.717) is 16.5 Å². The van der Waals surface area contributed by atoms with E-state index in [1.54, 1.807) is 36.5 Å². The van der Waals surface area contributed by atoms with Gasteiger partial charge in [-0.1, -0.05) is 61.4 Å². The molecule has 2 aromatic carbocycles. The molecule has 2 aromatic heterocycles. The number of aromatic carboxylic acids is 1. The molecule has 0 aliphatic rings. The van der Waals surface area contributed by atoms with Gasteiger partial charge in [0.2, 0.25) is 17.3 Å². The Balaban J connectivity index is 1.68. The maximum absolute atomic E-state index is 13.3. The van der Waals surface area contributed by atoms with Crippen molar-refractivity contribution in [2.45, 2.75) is 32.1 Å². The summed E-state index contributed by atoms with van der Waals surface area (Å²) in [6.07, 6.45) is 6.11. The quantitative estimate of drug-likeness (QED) is 0.197. The molecular formula is C26H25NO6. The van der Waals surface area contributed by atoms with Crippen molar-refractivity contribution in [1.29, 1.82) is 0 Å². The molecule has 0 amide bonds. The summed E-state index contributed by atoms with van der Waals surface area (Å²) in [4.78, 5) is 28.2. The number of aryl methyl sites for hydroxylation is 1. The maximum atomic E-state index is 13.3. The highest BCUT2D eigenvalue weighted by atomic mass is 16.4. The lowest BCUT2D eigenvalue weighted by atomic mass is 10.00. The van der Waals surface area contributed by atoms with Crippen LogP contribution in [0.15, 0.2) is 59.1 Å². The van der Waals surface area contributed by atoms with Crippen LogP contribution >= 0.6 is 0 Å². The molecule has 7 heteroatoms. The first-order chi connectivity index (χ1) is 16.0. The number of fused-ring (bicyclic) bond motifs is 1. The SMILES string of the molecule is O=C(O)c1oc(C(=O)c2c[nH]c3c(CCCCCCO)cccc23)c(O)c1-c1ccccc1. The Labute approximate surface area is 190 Å². The van der Waals surface area contributed by atoms with Gasteiger partial charge in [-0.05, 0) is 30.4 Å². The van der Waals surface area contributed by atoms with Crippen LogP contribution in [0, 0.1) is 0 Å². The highest BCUT2D eigenvalue weighted by molar-refractivity contribution is 6.18. The van der Waals surface area contributed by atoms with Crippen LogP contribution in [0.1, 0.15) is 57.9 Å². The zero-order chi connectivity index (χ0) is 23.4. The number of ketones is 1. The van der Waals surface area contributed by atoms with Gasteiger partial charge in [0.25, 0.3) is 0 Å². The van der Waals surface area contributed by atoms with E-state index in [2.05, 4.69) is 4.98 Å². The van der Waals surface area contributed by atoms with Crippen LogP contribution in [0.5, 0.6) is 5.75 Å². The van der Waals surface area contributed by atoms with Gasteiger partial charge in [-0.2, -0.15) is 0 Å². The maximum Gasteiger partial charge on any atom is 0.372 e. The zero-order valence-corrected chi connectivity index (χ0v) is 18.0. The largest absolute Gasteiger partial charge is 0.504 e. The molecule has 170 valence electrons. The monoisotopic (exact) mass is 447 g/mol. The summed E-state index contributed by atoms with van der Waals surface area (Å²) in [5.41, 5.74) is 2.62. The Kier molecular flexibility index (Phi) is 6.60. The number of carboxylic acids is 1. The molecule has 4 aromatic rings. The zero-order valence-electron chi connectivity index (χ0n) is 18.0. The van der Waals surface area contributed by atoms with Gasteiger partial charge in [0.1, 0.15) is 0 Å². The van der Waals surface area contributed by atoms with E-state index in [9.17, 15) is 19.8 Å². The molecule has 2 heterocycles. The predicted molar refractivity (Wildman–Crippen MR) is 124 cm³/mol. The van der Waals surface area contributed by atoms with Crippen molar-refractivity contribution in [3.05, 3.63) is 77.4 Å². The second-order valence-corrected chi connectivity index (χ2v) is 7.91. The van der Waals surface area contributed by atoms with Gasteiger partial charge < -0.3 is 24.7 Å². The molecule has 0 aliphatic carbocycles. The molecule has 4 N–H and O–H groups in total. The number of aromatic hydroxyl groups is 1. The van der Waals surface area contributed by atoms with Crippen LogP contribution < -0.4 is 0 Å². The van der Waals surface area contributed by atoms with Gasteiger partial charge in [-0.25, -0.2) is 4.79 Å². The number of carbonyl (C=O) groups is 2. The van der Waals surface area contributed by atoms with Crippen molar-refractivity contribution in [1.82, 2.24) is 4.98 Å². The molecule has 7 nitrogen and oxygen atoms in total. The normalized spacial score (nSPS) is 11.2. The second kappa shape index (κ2) is 9.75. The second-order valence-electron chi connectivity index (χ2n) is 7.91. The summed E-state index contributed by atoms with van der Waals surface area (Å²) in [7, 11) is 0. The first-order valence-electron chi connectivity index (χ1n) is 10.9.